The Bertz CT molecular complexity index is 2590. The summed E-state index contributed by atoms with van der Waals surface area (Å²) >= 11 is 7.93. The number of allylic oxidation sites excluding steroid dienone is 1. The van der Waals surface area contributed by atoms with Gasteiger partial charge < -0.3 is 30.3 Å². The van der Waals surface area contributed by atoms with E-state index in [1.54, 1.807) is 11.3 Å². The summed E-state index contributed by atoms with van der Waals surface area (Å²) in [5.74, 6) is 0.609. The van der Waals surface area contributed by atoms with Crippen molar-refractivity contribution in [1.29, 1.82) is 0 Å². The van der Waals surface area contributed by atoms with Gasteiger partial charge in [-0.1, -0.05) is 137 Å². The van der Waals surface area contributed by atoms with E-state index in [4.69, 9.17) is 16.3 Å². The Kier molecular flexibility index (Phi) is 20.2. The molecule has 1 unspecified atom stereocenters. The highest BCUT2D eigenvalue weighted by Gasteiger charge is 2.44. The smallest absolute Gasteiger partial charge is 0.246 e. The molecule has 0 saturated carbocycles. The second-order valence-corrected chi connectivity index (χ2v) is 21.6. The van der Waals surface area contributed by atoms with Crippen molar-refractivity contribution >= 4 is 57.7 Å². The molecule has 0 bridgehead atoms. The van der Waals surface area contributed by atoms with E-state index < -0.39 is 23.6 Å². The number of alkyl halides is 1. The first-order valence-electron chi connectivity index (χ1n) is 26.0. The number of piperazine rings is 1. The second-order valence-electron chi connectivity index (χ2n) is 20.3. The maximum Gasteiger partial charge on any atom is 0.246 e. The SMILES string of the molecule is Cc1ncsc1-c1ccc(CNC(=O)[C@@H]2C[C@@H](O)CN2C(=O)C(NC(=O)CCCCCCCC(=O)N2CCN(CCOc3ccc(/C(=C(/CCCl)c4ccccc4)c4ccccc4)cc3)CC2)C(C)(C)C)cc1. The van der Waals surface area contributed by atoms with Crippen molar-refractivity contribution in [2.24, 2.45) is 5.41 Å². The monoisotopic (exact) mass is 1030 g/mol. The fourth-order valence-corrected chi connectivity index (χ4v) is 10.8. The Morgan fingerprint density at radius 1 is 0.795 bits per heavy atom. The number of nitrogens with zero attached hydrogens (tertiary/aromatic N) is 4. The fourth-order valence-electron chi connectivity index (χ4n) is 9.76. The predicted molar refractivity (Wildman–Crippen MR) is 293 cm³/mol. The van der Waals surface area contributed by atoms with Crippen molar-refractivity contribution in [3.05, 3.63) is 143 Å². The molecule has 2 fully saturated rings. The zero-order valence-corrected chi connectivity index (χ0v) is 44.6. The number of hydrogen-bond donors (Lipinski definition) is 3. The van der Waals surface area contributed by atoms with Gasteiger partial charge in [-0.2, -0.15) is 0 Å². The van der Waals surface area contributed by atoms with E-state index in [0.29, 0.717) is 38.4 Å². The number of carbonyl (C=O) groups is 4. The number of aryl methyl sites for hydroxylation is 1. The number of benzene rings is 4. The van der Waals surface area contributed by atoms with Gasteiger partial charge in [-0.25, -0.2) is 4.98 Å². The Morgan fingerprint density at radius 3 is 2.05 bits per heavy atom. The number of β-amino-alcohol motifs (C(OH)–C–C–N with tert-alkyl or cyclic N) is 1. The molecule has 2 saturated heterocycles. The number of nitrogens with one attached hydrogen (secondary N) is 2. The first-order chi connectivity index (χ1) is 35.3. The number of thiazole rings is 1. The number of likely N-dealkylation sites (tertiary alicyclic amines) is 1. The Labute approximate surface area is 441 Å². The Balaban J connectivity index is 0.771. The van der Waals surface area contributed by atoms with Crippen LogP contribution >= 0.6 is 22.9 Å². The van der Waals surface area contributed by atoms with Gasteiger partial charge in [-0.05, 0) is 82.7 Å². The number of aliphatic hydroxyl groups is 1. The van der Waals surface area contributed by atoms with Crippen LogP contribution in [0, 0.1) is 12.3 Å². The van der Waals surface area contributed by atoms with E-state index in [1.807, 2.05) is 86.6 Å². The van der Waals surface area contributed by atoms with Gasteiger partial charge in [0, 0.05) is 71.0 Å². The zero-order chi connectivity index (χ0) is 51.7. The third-order valence-corrected chi connectivity index (χ3v) is 15.0. The summed E-state index contributed by atoms with van der Waals surface area (Å²) in [5, 5.41) is 16.5. The van der Waals surface area contributed by atoms with Crippen molar-refractivity contribution in [2.75, 3.05) is 51.8 Å². The molecule has 7 rings (SSSR count). The van der Waals surface area contributed by atoms with Crippen LogP contribution in [0.4, 0.5) is 0 Å². The molecule has 12 nitrogen and oxygen atoms in total. The van der Waals surface area contributed by atoms with Crippen LogP contribution in [0.1, 0.15) is 107 Å². The third kappa shape index (κ3) is 15.6. The first-order valence-corrected chi connectivity index (χ1v) is 27.4. The van der Waals surface area contributed by atoms with Crippen LogP contribution in [-0.2, 0) is 25.7 Å². The van der Waals surface area contributed by atoms with E-state index in [9.17, 15) is 24.3 Å². The molecule has 3 N–H and O–H groups in total. The molecule has 4 amide bonds. The summed E-state index contributed by atoms with van der Waals surface area (Å²) in [6, 6.07) is 35.5. The van der Waals surface area contributed by atoms with Gasteiger partial charge in [0.25, 0.3) is 0 Å². The lowest BCUT2D eigenvalue weighted by molar-refractivity contribution is -0.144. The first kappa shape index (κ1) is 54.9. The molecule has 3 atom stereocenters. The molecular weight excluding hydrogens is 956 g/mol. The van der Waals surface area contributed by atoms with Crippen LogP contribution in [0.2, 0.25) is 0 Å². The van der Waals surface area contributed by atoms with Crippen LogP contribution in [0.25, 0.3) is 21.6 Å². The van der Waals surface area contributed by atoms with Gasteiger partial charge in [0.1, 0.15) is 24.4 Å². The van der Waals surface area contributed by atoms with E-state index in [2.05, 4.69) is 81.2 Å². The lowest BCUT2D eigenvalue weighted by atomic mass is 9.85. The van der Waals surface area contributed by atoms with E-state index in [-0.39, 0.29) is 49.6 Å². The van der Waals surface area contributed by atoms with Crippen molar-refractivity contribution < 1.29 is 29.0 Å². The minimum atomic E-state index is -0.869. The van der Waals surface area contributed by atoms with Gasteiger partial charge >= 0.3 is 0 Å². The highest BCUT2D eigenvalue weighted by molar-refractivity contribution is 7.13. The summed E-state index contributed by atoms with van der Waals surface area (Å²) in [7, 11) is 0. The van der Waals surface area contributed by atoms with Gasteiger partial charge in [-0.3, -0.25) is 24.1 Å². The molecule has 2 aliphatic rings. The molecule has 5 aromatic rings. The van der Waals surface area contributed by atoms with Crippen LogP contribution in [-0.4, -0.2) is 118 Å². The Morgan fingerprint density at radius 2 is 1.42 bits per heavy atom. The normalized spacial score (nSPS) is 17.0. The molecule has 0 aliphatic carbocycles. The highest BCUT2D eigenvalue weighted by Crippen LogP contribution is 2.36. The second kappa shape index (κ2) is 26.9. The molecule has 0 spiro atoms. The average molecular weight is 1030 g/mol. The highest BCUT2D eigenvalue weighted by atomic mass is 35.5. The lowest BCUT2D eigenvalue weighted by Gasteiger charge is -2.35. The van der Waals surface area contributed by atoms with Gasteiger partial charge in [0.05, 0.1) is 22.2 Å². The fraction of sp³-hybridized carbons (Fsp3) is 0.441. The maximum atomic E-state index is 14.1. The minimum absolute atomic E-state index is 0.0242. The number of halogens is 1. The summed E-state index contributed by atoms with van der Waals surface area (Å²) in [6.45, 7) is 12.3. The molecular formula is C59H73ClN6O6S. The van der Waals surface area contributed by atoms with Crippen LogP contribution in [0.15, 0.2) is 115 Å². The minimum Gasteiger partial charge on any atom is -0.492 e. The molecule has 0 radical (unpaired) electrons. The topological polar surface area (TPSA) is 144 Å². The van der Waals surface area contributed by atoms with Gasteiger partial charge in [0.15, 0.2) is 0 Å². The average Bonchev–Trinajstić information content (AvgIpc) is 4.02. The number of rotatable bonds is 23. The quantitative estimate of drug-likeness (QED) is 0.0334. The lowest BCUT2D eigenvalue weighted by Crippen LogP contribution is -2.57. The summed E-state index contributed by atoms with van der Waals surface area (Å²) < 4.78 is 6.21. The van der Waals surface area contributed by atoms with Crippen molar-refractivity contribution in [1.82, 2.24) is 30.3 Å². The zero-order valence-electron chi connectivity index (χ0n) is 43.0. The molecule has 2 aliphatic heterocycles. The van der Waals surface area contributed by atoms with Crippen LogP contribution in [0.5, 0.6) is 5.75 Å². The largest absolute Gasteiger partial charge is 0.492 e. The number of unbranched alkanes of at least 4 members (excludes halogenated alkanes) is 4. The van der Waals surface area contributed by atoms with Crippen LogP contribution in [0.3, 0.4) is 0 Å². The van der Waals surface area contributed by atoms with Gasteiger partial charge in [-0.15, -0.1) is 22.9 Å². The summed E-state index contributed by atoms with van der Waals surface area (Å²) in [6.07, 6.45) is 4.93. The Hall–Kier alpha value is -5.86. The summed E-state index contributed by atoms with van der Waals surface area (Å²) in [4.78, 5) is 65.1. The maximum absolute atomic E-state index is 14.1. The number of aromatic nitrogens is 1. The van der Waals surface area contributed by atoms with E-state index in [0.717, 1.165) is 95.9 Å². The standard InChI is InChI=1S/C59H73ClN6O6S/c1-42-55(73-41-62-42)47-24-22-43(23-25-47)39-61-57(70)51-38-48(67)40-66(51)58(71)56(59(2,3)4)63-52(68)20-14-6-5-7-15-21-53(69)65-34-32-64(33-35-65)36-37-72-49-28-26-46(27-29-49)54(45-18-12-9-13-19-45)50(30-31-60)44-16-10-8-11-17-44/h8-13,16-19,22-29,41,48,51,56,67H,5-7,14-15,20-21,30-40H2,1-4H3,(H,61,70)(H,63,68)/b54-50-/t48-,51+,56?/m1/s1. The van der Waals surface area contributed by atoms with Crippen LogP contribution < -0.4 is 15.4 Å². The predicted octanol–water partition coefficient (Wildman–Crippen LogP) is 9.77. The molecule has 73 heavy (non-hydrogen) atoms. The molecule has 14 heteroatoms. The molecule has 3 heterocycles. The molecule has 4 aromatic carbocycles. The summed E-state index contributed by atoms with van der Waals surface area (Å²) in [5.41, 5.74) is 9.95. The number of ether oxygens (including phenoxy) is 1. The molecule has 388 valence electrons. The third-order valence-electron chi connectivity index (χ3n) is 13.9. The van der Waals surface area contributed by atoms with Crippen molar-refractivity contribution in [2.45, 2.75) is 110 Å². The molecule has 1 aromatic heterocycles. The van der Waals surface area contributed by atoms with E-state index >= 15 is 0 Å². The van der Waals surface area contributed by atoms with Crippen molar-refractivity contribution in [3.63, 3.8) is 0 Å². The van der Waals surface area contributed by atoms with Gasteiger partial charge in [0.2, 0.25) is 23.6 Å². The number of hydrogen-bond acceptors (Lipinski definition) is 9. The van der Waals surface area contributed by atoms with E-state index in [1.165, 1.54) is 16.0 Å². The van der Waals surface area contributed by atoms with Crippen molar-refractivity contribution in [3.8, 4) is 16.2 Å². The number of amides is 4. The number of aliphatic hydroxyl groups excluding tert-OH is 1. The number of carbonyl (C=O) groups excluding carboxylic acids is 4.